The van der Waals surface area contributed by atoms with Crippen LogP contribution in [0.5, 0.6) is 0 Å². The van der Waals surface area contributed by atoms with Crippen molar-refractivity contribution in [1.82, 2.24) is 5.32 Å². The Morgan fingerprint density at radius 3 is 2.24 bits per heavy atom. The molecule has 25 heavy (non-hydrogen) atoms. The fraction of sp³-hybridized carbons (Fsp3) is 0.333. The average Bonchev–Trinajstić information content (AvgIpc) is 3.41. The number of nitrogens with one attached hydrogen (secondary N) is 2. The Kier molecular flexibility index (Phi) is 4.62. The first-order valence-electron chi connectivity index (χ1n) is 8.67. The van der Waals surface area contributed by atoms with Crippen LogP contribution in [-0.2, 0) is 9.59 Å². The molecule has 0 aliphatic heterocycles. The molecule has 4 heteroatoms. The van der Waals surface area contributed by atoms with Crippen LogP contribution in [0.2, 0.25) is 0 Å². The molecular weight excluding hydrogens is 312 g/mol. The number of carbonyl (C=O) groups is 2. The van der Waals surface area contributed by atoms with Gasteiger partial charge in [-0.25, -0.2) is 0 Å². The van der Waals surface area contributed by atoms with Crippen molar-refractivity contribution in [3.63, 3.8) is 0 Å². The van der Waals surface area contributed by atoms with Gasteiger partial charge in [0.25, 0.3) is 0 Å². The Bertz CT molecular complexity index is 795. The van der Waals surface area contributed by atoms with Crippen LogP contribution in [0.25, 0.3) is 0 Å². The van der Waals surface area contributed by atoms with E-state index >= 15 is 0 Å². The average molecular weight is 336 g/mol. The van der Waals surface area contributed by atoms with Crippen LogP contribution in [-0.4, -0.2) is 11.8 Å². The number of amides is 2. The molecule has 1 fully saturated rings. The predicted molar refractivity (Wildman–Crippen MR) is 99.2 cm³/mol. The van der Waals surface area contributed by atoms with E-state index in [2.05, 4.69) is 10.6 Å². The standard InChI is InChI=1S/C21H24N2O2/c1-14-9-10-18(13-15(14)2)23-20(25)21(11-12-21)19(24)22-16(3)17-7-5-4-6-8-17/h4-10,13,16H,11-12H2,1-3H3,(H,22,24)(H,23,25). The second-order valence-electron chi connectivity index (χ2n) is 6.94. The van der Waals surface area contributed by atoms with Gasteiger partial charge in [-0.2, -0.15) is 0 Å². The molecule has 1 atom stereocenters. The first kappa shape index (κ1) is 17.2. The summed E-state index contributed by atoms with van der Waals surface area (Å²) in [6.07, 6.45) is 1.19. The molecule has 0 bridgehead atoms. The number of hydrogen-bond donors (Lipinski definition) is 2. The van der Waals surface area contributed by atoms with E-state index in [0.29, 0.717) is 12.8 Å². The second kappa shape index (κ2) is 6.71. The SMILES string of the molecule is Cc1ccc(NC(=O)C2(C(=O)NC(C)c3ccccc3)CC2)cc1C. The van der Waals surface area contributed by atoms with Crippen LogP contribution in [0, 0.1) is 19.3 Å². The highest BCUT2D eigenvalue weighted by molar-refractivity contribution is 6.13. The Hall–Kier alpha value is -2.62. The molecule has 0 aromatic heterocycles. The second-order valence-corrected chi connectivity index (χ2v) is 6.94. The van der Waals surface area contributed by atoms with E-state index in [1.165, 1.54) is 5.56 Å². The normalized spacial score (nSPS) is 16.0. The van der Waals surface area contributed by atoms with E-state index in [4.69, 9.17) is 0 Å². The lowest BCUT2D eigenvalue weighted by Crippen LogP contribution is -2.41. The number of hydrogen-bond acceptors (Lipinski definition) is 2. The Balaban J connectivity index is 1.67. The van der Waals surface area contributed by atoms with Gasteiger partial charge < -0.3 is 10.6 Å². The van der Waals surface area contributed by atoms with Gasteiger partial charge in [0.1, 0.15) is 5.41 Å². The van der Waals surface area contributed by atoms with Gasteiger partial charge in [0.15, 0.2) is 0 Å². The highest BCUT2D eigenvalue weighted by Crippen LogP contribution is 2.47. The molecule has 1 aliphatic carbocycles. The van der Waals surface area contributed by atoms with Crippen molar-refractivity contribution in [2.75, 3.05) is 5.32 Å². The molecule has 2 aromatic carbocycles. The summed E-state index contributed by atoms with van der Waals surface area (Å²) in [5.41, 5.74) is 3.13. The highest BCUT2D eigenvalue weighted by atomic mass is 16.2. The topological polar surface area (TPSA) is 58.2 Å². The largest absolute Gasteiger partial charge is 0.349 e. The van der Waals surface area contributed by atoms with E-state index in [1.54, 1.807) is 0 Å². The molecule has 2 N–H and O–H groups in total. The summed E-state index contributed by atoms with van der Waals surface area (Å²) in [7, 11) is 0. The molecule has 1 aliphatic rings. The summed E-state index contributed by atoms with van der Waals surface area (Å²) < 4.78 is 0. The van der Waals surface area contributed by atoms with Crippen LogP contribution in [0.3, 0.4) is 0 Å². The minimum absolute atomic E-state index is 0.124. The van der Waals surface area contributed by atoms with E-state index < -0.39 is 5.41 Å². The van der Waals surface area contributed by atoms with E-state index in [9.17, 15) is 9.59 Å². The highest BCUT2D eigenvalue weighted by Gasteiger charge is 2.56. The molecule has 1 saturated carbocycles. The van der Waals surface area contributed by atoms with Gasteiger partial charge in [-0.15, -0.1) is 0 Å². The molecular formula is C21H24N2O2. The minimum atomic E-state index is -0.929. The lowest BCUT2D eigenvalue weighted by Gasteiger charge is -2.20. The first-order chi connectivity index (χ1) is 11.9. The van der Waals surface area contributed by atoms with E-state index in [0.717, 1.165) is 16.8 Å². The Labute approximate surface area is 148 Å². The van der Waals surface area contributed by atoms with Gasteiger partial charge >= 0.3 is 0 Å². The summed E-state index contributed by atoms with van der Waals surface area (Å²) in [6, 6.07) is 15.4. The van der Waals surface area contributed by atoms with Crippen LogP contribution < -0.4 is 10.6 Å². The smallest absolute Gasteiger partial charge is 0.240 e. The van der Waals surface area contributed by atoms with Crippen molar-refractivity contribution in [3.8, 4) is 0 Å². The zero-order valence-corrected chi connectivity index (χ0v) is 14.9. The number of rotatable bonds is 5. The lowest BCUT2D eigenvalue weighted by molar-refractivity contribution is -0.134. The zero-order valence-electron chi connectivity index (χ0n) is 14.9. The van der Waals surface area contributed by atoms with Crippen molar-refractivity contribution in [2.45, 2.75) is 39.7 Å². The van der Waals surface area contributed by atoms with Crippen LogP contribution in [0.15, 0.2) is 48.5 Å². The molecule has 3 rings (SSSR count). The third kappa shape index (κ3) is 3.58. The zero-order chi connectivity index (χ0) is 18.0. The maximum atomic E-state index is 12.7. The lowest BCUT2D eigenvalue weighted by atomic mass is 10.0. The number of carbonyl (C=O) groups excluding carboxylic acids is 2. The fourth-order valence-corrected chi connectivity index (χ4v) is 2.91. The number of benzene rings is 2. The Morgan fingerprint density at radius 1 is 0.960 bits per heavy atom. The van der Waals surface area contributed by atoms with Crippen LogP contribution >= 0.6 is 0 Å². The van der Waals surface area contributed by atoms with Gasteiger partial charge in [0.05, 0.1) is 6.04 Å². The maximum Gasteiger partial charge on any atom is 0.240 e. The molecule has 0 radical (unpaired) electrons. The van der Waals surface area contributed by atoms with Crippen LogP contribution in [0.1, 0.15) is 42.5 Å². The molecule has 0 saturated heterocycles. The van der Waals surface area contributed by atoms with Crippen molar-refractivity contribution in [3.05, 3.63) is 65.2 Å². The van der Waals surface area contributed by atoms with Crippen molar-refractivity contribution in [1.29, 1.82) is 0 Å². The molecule has 2 aromatic rings. The molecule has 2 amide bonds. The third-order valence-electron chi connectivity index (χ3n) is 5.03. The predicted octanol–water partition coefficient (Wildman–Crippen LogP) is 3.90. The maximum absolute atomic E-state index is 12.7. The quantitative estimate of drug-likeness (QED) is 0.814. The first-order valence-corrected chi connectivity index (χ1v) is 8.67. The summed E-state index contributed by atoms with van der Waals surface area (Å²) in [5, 5.41) is 5.89. The fourth-order valence-electron chi connectivity index (χ4n) is 2.91. The van der Waals surface area contributed by atoms with E-state index in [1.807, 2.05) is 69.3 Å². The number of anilines is 1. The van der Waals surface area contributed by atoms with Crippen molar-refractivity contribution >= 4 is 17.5 Å². The molecule has 0 heterocycles. The molecule has 4 nitrogen and oxygen atoms in total. The van der Waals surface area contributed by atoms with Gasteiger partial charge in [0.2, 0.25) is 11.8 Å². The molecule has 1 unspecified atom stereocenters. The summed E-state index contributed by atoms with van der Waals surface area (Å²) in [6.45, 7) is 5.97. The third-order valence-corrected chi connectivity index (χ3v) is 5.03. The summed E-state index contributed by atoms with van der Waals surface area (Å²) >= 11 is 0. The van der Waals surface area contributed by atoms with Gasteiger partial charge in [0, 0.05) is 5.69 Å². The monoisotopic (exact) mass is 336 g/mol. The molecule has 0 spiro atoms. The molecule has 130 valence electrons. The van der Waals surface area contributed by atoms with Gasteiger partial charge in [-0.3, -0.25) is 9.59 Å². The van der Waals surface area contributed by atoms with Gasteiger partial charge in [-0.1, -0.05) is 36.4 Å². The minimum Gasteiger partial charge on any atom is -0.349 e. The summed E-state index contributed by atoms with van der Waals surface area (Å²) in [4.78, 5) is 25.4. The van der Waals surface area contributed by atoms with Gasteiger partial charge in [-0.05, 0) is 62.4 Å². The van der Waals surface area contributed by atoms with E-state index in [-0.39, 0.29) is 17.9 Å². The Morgan fingerprint density at radius 2 is 1.64 bits per heavy atom. The summed E-state index contributed by atoms with van der Waals surface area (Å²) in [5.74, 6) is -0.404. The van der Waals surface area contributed by atoms with Crippen LogP contribution in [0.4, 0.5) is 5.69 Å². The van der Waals surface area contributed by atoms with Crippen molar-refractivity contribution in [2.24, 2.45) is 5.41 Å². The number of aryl methyl sites for hydroxylation is 2. The van der Waals surface area contributed by atoms with Crippen molar-refractivity contribution < 1.29 is 9.59 Å².